The van der Waals surface area contributed by atoms with E-state index in [9.17, 15) is 4.79 Å². The molecule has 7 nitrogen and oxygen atoms in total. The predicted octanol–water partition coefficient (Wildman–Crippen LogP) is 2.22. The molecular formula is C18H24N6O. The molecule has 0 saturated carbocycles. The molecule has 1 atom stereocenters. The number of nitrogens with one attached hydrogen (secondary N) is 1. The molecule has 0 radical (unpaired) electrons. The van der Waals surface area contributed by atoms with Gasteiger partial charge in [-0.3, -0.25) is 0 Å². The number of carbonyl (C=O) groups is 1. The van der Waals surface area contributed by atoms with E-state index in [0.717, 1.165) is 37.4 Å². The van der Waals surface area contributed by atoms with Gasteiger partial charge >= 0.3 is 6.03 Å². The Morgan fingerprint density at radius 3 is 2.92 bits per heavy atom. The minimum Gasteiger partial charge on any atom is -0.324 e. The SMILES string of the molecule is O=C(Nc1cccc(-n2ccnn2)c1)N1CCC(CN2CCCC2)C1. The summed E-state index contributed by atoms with van der Waals surface area (Å²) in [6.45, 7) is 5.26. The Hall–Kier alpha value is -2.41. The Morgan fingerprint density at radius 2 is 2.12 bits per heavy atom. The lowest BCUT2D eigenvalue weighted by Crippen LogP contribution is -2.34. The van der Waals surface area contributed by atoms with Crippen molar-refractivity contribution in [1.29, 1.82) is 0 Å². The van der Waals surface area contributed by atoms with E-state index >= 15 is 0 Å². The zero-order valence-corrected chi connectivity index (χ0v) is 14.3. The predicted molar refractivity (Wildman–Crippen MR) is 95.7 cm³/mol. The lowest BCUT2D eigenvalue weighted by Gasteiger charge is -2.21. The van der Waals surface area contributed by atoms with Gasteiger partial charge < -0.3 is 15.1 Å². The van der Waals surface area contributed by atoms with Gasteiger partial charge in [0.1, 0.15) is 0 Å². The minimum atomic E-state index is -0.0142. The number of likely N-dealkylation sites (tertiary alicyclic amines) is 2. The van der Waals surface area contributed by atoms with Gasteiger partial charge in [-0.05, 0) is 56.5 Å². The van der Waals surface area contributed by atoms with Crippen molar-refractivity contribution in [3.8, 4) is 5.69 Å². The van der Waals surface area contributed by atoms with Crippen molar-refractivity contribution in [2.45, 2.75) is 19.3 Å². The largest absolute Gasteiger partial charge is 0.324 e. The van der Waals surface area contributed by atoms with E-state index in [2.05, 4.69) is 20.5 Å². The smallest absolute Gasteiger partial charge is 0.321 e. The average Bonchev–Trinajstić information content (AvgIpc) is 3.38. The summed E-state index contributed by atoms with van der Waals surface area (Å²) in [4.78, 5) is 17.0. The van der Waals surface area contributed by atoms with Crippen LogP contribution in [0.3, 0.4) is 0 Å². The molecule has 7 heteroatoms. The third-order valence-corrected chi connectivity index (χ3v) is 5.07. The second-order valence-corrected chi connectivity index (χ2v) is 6.94. The number of nitrogens with zero attached hydrogens (tertiary/aromatic N) is 5. The number of carbonyl (C=O) groups excluding carboxylic acids is 1. The van der Waals surface area contributed by atoms with Gasteiger partial charge in [-0.25, -0.2) is 9.48 Å². The summed E-state index contributed by atoms with van der Waals surface area (Å²) < 4.78 is 1.68. The summed E-state index contributed by atoms with van der Waals surface area (Å²) in [6.07, 6.45) is 7.15. The zero-order chi connectivity index (χ0) is 17.1. The lowest BCUT2D eigenvalue weighted by molar-refractivity contribution is 0.217. The first kappa shape index (κ1) is 16.1. The van der Waals surface area contributed by atoms with Crippen LogP contribution < -0.4 is 5.32 Å². The van der Waals surface area contributed by atoms with E-state index < -0.39 is 0 Å². The van der Waals surface area contributed by atoms with Crippen LogP contribution in [-0.4, -0.2) is 63.5 Å². The Bertz CT molecular complexity index is 710. The van der Waals surface area contributed by atoms with Gasteiger partial charge in [0.05, 0.1) is 18.1 Å². The molecule has 2 saturated heterocycles. The number of hydrogen-bond donors (Lipinski definition) is 1. The highest BCUT2D eigenvalue weighted by Gasteiger charge is 2.28. The maximum Gasteiger partial charge on any atom is 0.321 e. The normalized spacial score (nSPS) is 21.0. The molecule has 1 aromatic carbocycles. The van der Waals surface area contributed by atoms with Gasteiger partial charge in [0.25, 0.3) is 0 Å². The summed E-state index contributed by atoms with van der Waals surface area (Å²) in [7, 11) is 0. The quantitative estimate of drug-likeness (QED) is 0.927. The summed E-state index contributed by atoms with van der Waals surface area (Å²) >= 11 is 0. The minimum absolute atomic E-state index is 0.0142. The number of aromatic nitrogens is 3. The molecule has 25 heavy (non-hydrogen) atoms. The van der Waals surface area contributed by atoms with Crippen LogP contribution >= 0.6 is 0 Å². The van der Waals surface area contributed by atoms with Crippen LogP contribution in [0.4, 0.5) is 10.5 Å². The van der Waals surface area contributed by atoms with Crippen LogP contribution in [0.15, 0.2) is 36.7 Å². The Balaban J connectivity index is 1.34. The van der Waals surface area contributed by atoms with Gasteiger partial charge in [0.15, 0.2) is 0 Å². The van der Waals surface area contributed by atoms with Gasteiger partial charge in [-0.2, -0.15) is 0 Å². The molecule has 1 N–H and O–H groups in total. The van der Waals surface area contributed by atoms with Gasteiger partial charge in [-0.1, -0.05) is 11.3 Å². The van der Waals surface area contributed by atoms with E-state index in [4.69, 9.17) is 0 Å². The van der Waals surface area contributed by atoms with Crippen molar-refractivity contribution in [1.82, 2.24) is 24.8 Å². The zero-order valence-electron chi connectivity index (χ0n) is 14.3. The Morgan fingerprint density at radius 1 is 1.24 bits per heavy atom. The van der Waals surface area contributed by atoms with Crippen molar-refractivity contribution in [2.75, 3.05) is 38.0 Å². The lowest BCUT2D eigenvalue weighted by atomic mass is 10.1. The van der Waals surface area contributed by atoms with Crippen LogP contribution in [0.1, 0.15) is 19.3 Å². The second kappa shape index (κ2) is 7.23. The Labute approximate surface area is 147 Å². The first-order valence-electron chi connectivity index (χ1n) is 9.03. The molecule has 1 unspecified atom stereocenters. The van der Waals surface area contributed by atoms with Crippen LogP contribution in [0.2, 0.25) is 0 Å². The van der Waals surface area contributed by atoms with Crippen molar-refractivity contribution >= 4 is 11.7 Å². The molecule has 132 valence electrons. The highest BCUT2D eigenvalue weighted by molar-refractivity contribution is 5.89. The summed E-state index contributed by atoms with van der Waals surface area (Å²) in [5, 5.41) is 10.8. The van der Waals surface area contributed by atoms with Crippen LogP contribution in [0.5, 0.6) is 0 Å². The molecule has 2 aromatic rings. The molecule has 0 aliphatic carbocycles. The maximum absolute atomic E-state index is 12.6. The Kier molecular flexibility index (Phi) is 4.65. The molecule has 1 aromatic heterocycles. The fraction of sp³-hybridized carbons (Fsp3) is 0.500. The third-order valence-electron chi connectivity index (χ3n) is 5.07. The van der Waals surface area contributed by atoms with E-state index in [-0.39, 0.29) is 6.03 Å². The number of benzene rings is 1. The standard InChI is InChI=1S/C18H24N6O/c25-18(23-10-6-15(14-23)13-22-8-1-2-9-22)20-16-4-3-5-17(12-16)24-11-7-19-21-24/h3-5,7,11-12,15H,1-2,6,8-10,13-14H2,(H,20,25). The number of urea groups is 1. The molecule has 2 fully saturated rings. The van der Waals surface area contributed by atoms with Crippen LogP contribution in [-0.2, 0) is 0 Å². The monoisotopic (exact) mass is 340 g/mol. The molecule has 0 spiro atoms. The molecule has 2 aliphatic rings. The highest BCUT2D eigenvalue weighted by atomic mass is 16.2. The summed E-state index contributed by atoms with van der Waals surface area (Å²) in [5.74, 6) is 0.602. The van der Waals surface area contributed by atoms with Crippen molar-refractivity contribution in [3.63, 3.8) is 0 Å². The third kappa shape index (κ3) is 3.82. The fourth-order valence-electron chi connectivity index (χ4n) is 3.77. The molecule has 3 heterocycles. The van der Waals surface area contributed by atoms with Crippen molar-refractivity contribution < 1.29 is 4.79 Å². The molecule has 2 amide bonds. The van der Waals surface area contributed by atoms with E-state index in [0.29, 0.717) is 5.92 Å². The number of anilines is 1. The van der Waals surface area contributed by atoms with Crippen molar-refractivity contribution in [3.05, 3.63) is 36.7 Å². The second-order valence-electron chi connectivity index (χ2n) is 6.94. The summed E-state index contributed by atoms with van der Waals surface area (Å²) in [6, 6.07) is 7.64. The topological polar surface area (TPSA) is 66.3 Å². The van der Waals surface area contributed by atoms with Gasteiger partial charge in [-0.15, -0.1) is 5.10 Å². The first-order valence-corrected chi connectivity index (χ1v) is 9.03. The maximum atomic E-state index is 12.6. The molecule has 2 aliphatic heterocycles. The van der Waals surface area contributed by atoms with Crippen LogP contribution in [0.25, 0.3) is 5.69 Å². The van der Waals surface area contributed by atoms with E-state index in [1.165, 1.54) is 25.9 Å². The van der Waals surface area contributed by atoms with Gasteiger partial charge in [0.2, 0.25) is 0 Å². The molecular weight excluding hydrogens is 316 g/mol. The molecule has 0 bridgehead atoms. The van der Waals surface area contributed by atoms with E-state index in [1.54, 1.807) is 17.1 Å². The van der Waals surface area contributed by atoms with Gasteiger partial charge in [0, 0.05) is 25.3 Å². The first-order chi connectivity index (χ1) is 12.3. The highest BCUT2D eigenvalue weighted by Crippen LogP contribution is 2.21. The van der Waals surface area contributed by atoms with Crippen LogP contribution in [0, 0.1) is 5.92 Å². The number of amides is 2. The van der Waals surface area contributed by atoms with E-state index in [1.807, 2.05) is 29.2 Å². The summed E-state index contributed by atoms with van der Waals surface area (Å²) in [5.41, 5.74) is 1.66. The number of rotatable bonds is 4. The average molecular weight is 340 g/mol. The fourth-order valence-corrected chi connectivity index (χ4v) is 3.77. The molecule has 4 rings (SSSR count). The van der Waals surface area contributed by atoms with Crippen molar-refractivity contribution in [2.24, 2.45) is 5.92 Å². The number of hydrogen-bond acceptors (Lipinski definition) is 4.